The predicted octanol–water partition coefficient (Wildman–Crippen LogP) is 1.58. The molecule has 25 heavy (non-hydrogen) atoms. The van der Waals surface area contributed by atoms with Gasteiger partial charge in [-0.2, -0.15) is 0 Å². The lowest BCUT2D eigenvalue weighted by Crippen LogP contribution is -2.54. The van der Waals surface area contributed by atoms with Crippen molar-refractivity contribution >= 4 is 35.1 Å². The normalized spacial score (nSPS) is 26.5. The number of rotatable bonds is 4. The number of carbonyl (C=O) groups excluding carboxylic acids is 2. The lowest BCUT2D eigenvalue weighted by atomic mass is 10.0. The molecule has 0 aliphatic carbocycles. The highest BCUT2D eigenvalue weighted by atomic mass is 35.5. The number of hydrogen-bond acceptors (Lipinski definition) is 4. The highest BCUT2D eigenvalue weighted by molar-refractivity contribution is 6.33. The van der Waals surface area contributed by atoms with Crippen molar-refractivity contribution in [3.05, 3.63) is 29.3 Å². The summed E-state index contributed by atoms with van der Waals surface area (Å²) in [6.07, 6.45) is 0.0867. The first-order chi connectivity index (χ1) is 12.0. The molecule has 1 unspecified atom stereocenters. The monoisotopic (exact) mass is 366 g/mol. The fourth-order valence-corrected chi connectivity index (χ4v) is 3.43. The van der Waals surface area contributed by atoms with Crippen LogP contribution in [0.3, 0.4) is 0 Å². The molecule has 1 aromatic carbocycles. The van der Waals surface area contributed by atoms with Crippen LogP contribution in [0.25, 0.3) is 0 Å². The molecule has 2 amide bonds. The van der Waals surface area contributed by atoms with Gasteiger partial charge in [-0.15, -0.1) is 0 Å². The van der Waals surface area contributed by atoms with Crippen molar-refractivity contribution in [3.8, 4) is 0 Å². The highest BCUT2D eigenvalue weighted by Crippen LogP contribution is 2.29. The molecule has 2 N–H and O–H groups in total. The van der Waals surface area contributed by atoms with E-state index in [1.54, 1.807) is 29.2 Å². The zero-order valence-electron chi connectivity index (χ0n) is 13.5. The number of hydrogen-bond donors (Lipinski definition) is 2. The lowest BCUT2D eigenvalue weighted by molar-refractivity contribution is -0.152. The van der Waals surface area contributed by atoms with Gasteiger partial charge in [0.2, 0.25) is 11.8 Å². The second-order valence-electron chi connectivity index (χ2n) is 6.17. The molecule has 8 heteroatoms. The SMILES string of the molecule is O=C(NC1CCCN(c2ccccc2Cl)C1=O)[C@@H]1CC[C@H](C(=O)O)O1. The second-order valence-corrected chi connectivity index (χ2v) is 6.58. The Labute approximate surface area is 149 Å². The Morgan fingerprint density at radius 3 is 2.60 bits per heavy atom. The van der Waals surface area contributed by atoms with Crippen molar-refractivity contribution in [1.29, 1.82) is 0 Å². The van der Waals surface area contributed by atoms with Crippen molar-refractivity contribution in [2.75, 3.05) is 11.4 Å². The maximum absolute atomic E-state index is 12.7. The third kappa shape index (κ3) is 3.77. The number of para-hydroxylation sites is 1. The number of nitrogens with one attached hydrogen (secondary N) is 1. The van der Waals surface area contributed by atoms with Crippen LogP contribution < -0.4 is 10.2 Å². The van der Waals surface area contributed by atoms with Gasteiger partial charge in [0.05, 0.1) is 10.7 Å². The van der Waals surface area contributed by atoms with Crippen molar-refractivity contribution < 1.29 is 24.2 Å². The smallest absolute Gasteiger partial charge is 0.332 e. The number of carbonyl (C=O) groups is 3. The zero-order valence-corrected chi connectivity index (χ0v) is 14.2. The van der Waals surface area contributed by atoms with Gasteiger partial charge < -0.3 is 20.1 Å². The van der Waals surface area contributed by atoms with E-state index >= 15 is 0 Å². The predicted molar refractivity (Wildman–Crippen MR) is 90.5 cm³/mol. The van der Waals surface area contributed by atoms with E-state index in [-0.39, 0.29) is 12.3 Å². The van der Waals surface area contributed by atoms with E-state index in [1.807, 2.05) is 0 Å². The minimum absolute atomic E-state index is 0.222. The van der Waals surface area contributed by atoms with Gasteiger partial charge in [0.25, 0.3) is 0 Å². The summed E-state index contributed by atoms with van der Waals surface area (Å²) in [6.45, 7) is 0.538. The fraction of sp³-hybridized carbons (Fsp3) is 0.471. The number of carboxylic acids is 1. The average molecular weight is 367 g/mol. The lowest BCUT2D eigenvalue weighted by Gasteiger charge is -2.33. The third-order valence-corrected chi connectivity index (χ3v) is 4.81. The summed E-state index contributed by atoms with van der Waals surface area (Å²) in [5.41, 5.74) is 0.621. The Morgan fingerprint density at radius 2 is 1.92 bits per heavy atom. The molecule has 0 saturated carbocycles. The molecular formula is C17H19ClN2O5. The van der Waals surface area contributed by atoms with E-state index in [1.165, 1.54) is 0 Å². The molecule has 0 bridgehead atoms. The van der Waals surface area contributed by atoms with E-state index < -0.39 is 30.1 Å². The van der Waals surface area contributed by atoms with Crippen LogP contribution >= 0.6 is 11.6 Å². The number of amides is 2. The Bertz CT molecular complexity index is 695. The molecule has 0 aromatic heterocycles. The van der Waals surface area contributed by atoms with Crippen LogP contribution in [0, 0.1) is 0 Å². The van der Waals surface area contributed by atoms with Gasteiger partial charge in [0.15, 0.2) is 6.10 Å². The molecule has 0 radical (unpaired) electrons. The fourth-order valence-electron chi connectivity index (χ4n) is 3.20. The number of halogens is 1. The molecular weight excluding hydrogens is 348 g/mol. The Kier molecular flexibility index (Phi) is 5.24. The summed E-state index contributed by atoms with van der Waals surface area (Å²) in [6, 6.07) is 6.41. The van der Waals surface area contributed by atoms with Gasteiger partial charge in [0.1, 0.15) is 12.1 Å². The summed E-state index contributed by atoms with van der Waals surface area (Å²) in [5, 5.41) is 12.1. The highest BCUT2D eigenvalue weighted by Gasteiger charge is 2.38. The molecule has 3 atom stereocenters. The summed E-state index contributed by atoms with van der Waals surface area (Å²) in [5.74, 6) is -1.74. The number of anilines is 1. The maximum atomic E-state index is 12.7. The second kappa shape index (κ2) is 7.41. The average Bonchev–Trinajstić information content (AvgIpc) is 3.08. The van der Waals surface area contributed by atoms with Crippen LogP contribution in [0.1, 0.15) is 25.7 Å². The minimum atomic E-state index is -1.08. The van der Waals surface area contributed by atoms with Crippen LogP contribution in [0.15, 0.2) is 24.3 Å². The largest absolute Gasteiger partial charge is 0.479 e. The van der Waals surface area contributed by atoms with Crippen LogP contribution in [0.4, 0.5) is 5.69 Å². The number of benzene rings is 1. The first-order valence-electron chi connectivity index (χ1n) is 8.22. The van der Waals surface area contributed by atoms with E-state index in [2.05, 4.69) is 5.32 Å². The summed E-state index contributed by atoms with van der Waals surface area (Å²) >= 11 is 6.17. The molecule has 2 saturated heterocycles. The summed E-state index contributed by atoms with van der Waals surface area (Å²) in [4.78, 5) is 37.5. The van der Waals surface area contributed by atoms with Gasteiger partial charge in [-0.3, -0.25) is 9.59 Å². The molecule has 7 nitrogen and oxygen atoms in total. The van der Waals surface area contributed by atoms with E-state index in [4.69, 9.17) is 21.4 Å². The molecule has 1 aromatic rings. The van der Waals surface area contributed by atoms with E-state index in [9.17, 15) is 14.4 Å². The first kappa shape index (κ1) is 17.7. The Hall–Kier alpha value is -2.12. The van der Waals surface area contributed by atoms with Gasteiger partial charge in [-0.05, 0) is 37.8 Å². The summed E-state index contributed by atoms with van der Waals surface area (Å²) in [7, 11) is 0. The van der Waals surface area contributed by atoms with Gasteiger partial charge in [-0.25, -0.2) is 4.79 Å². The number of piperidine rings is 1. The maximum Gasteiger partial charge on any atom is 0.332 e. The van der Waals surface area contributed by atoms with Crippen molar-refractivity contribution in [2.45, 2.75) is 43.9 Å². The van der Waals surface area contributed by atoms with E-state index in [0.29, 0.717) is 30.1 Å². The molecule has 134 valence electrons. The van der Waals surface area contributed by atoms with Crippen LogP contribution in [0.2, 0.25) is 5.02 Å². The molecule has 3 rings (SSSR count). The van der Waals surface area contributed by atoms with Crippen LogP contribution in [-0.2, 0) is 19.1 Å². The Morgan fingerprint density at radius 1 is 1.20 bits per heavy atom. The van der Waals surface area contributed by atoms with Gasteiger partial charge >= 0.3 is 5.97 Å². The molecule has 2 aliphatic rings. The number of aliphatic carboxylic acids is 1. The molecule has 2 aliphatic heterocycles. The van der Waals surface area contributed by atoms with Crippen LogP contribution in [0.5, 0.6) is 0 Å². The molecule has 2 heterocycles. The summed E-state index contributed by atoms with van der Waals surface area (Å²) < 4.78 is 5.23. The van der Waals surface area contributed by atoms with Gasteiger partial charge in [0, 0.05) is 6.54 Å². The quantitative estimate of drug-likeness (QED) is 0.843. The molecule has 0 spiro atoms. The van der Waals surface area contributed by atoms with Crippen molar-refractivity contribution in [3.63, 3.8) is 0 Å². The standard InChI is InChI=1S/C17H19ClN2O5/c18-10-4-1-2-6-12(10)20-9-3-5-11(16(20)22)19-15(21)13-7-8-14(25-13)17(23)24/h1-2,4,6,11,13-14H,3,5,7-9H2,(H,19,21)(H,23,24)/t11?,13-,14+/m0/s1. The van der Waals surface area contributed by atoms with Crippen molar-refractivity contribution in [2.24, 2.45) is 0 Å². The topological polar surface area (TPSA) is 95.9 Å². The third-order valence-electron chi connectivity index (χ3n) is 4.49. The number of nitrogens with zero attached hydrogens (tertiary/aromatic N) is 1. The number of carboxylic acid groups (broad SMARTS) is 1. The van der Waals surface area contributed by atoms with E-state index in [0.717, 1.165) is 6.42 Å². The minimum Gasteiger partial charge on any atom is -0.479 e. The van der Waals surface area contributed by atoms with Gasteiger partial charge in [-0.1, -0.05) is 23.7 Å². The molecule has 2 fully saturated rings. The Balaban J connectivity index is 1.65. The van der Waals surface area contributed by atoms with Crippen molar-refractivity contribution in [1.82, 2.24) is 5.32 Å². The number of ether oxygens (including phenoxy) is 1. The zero-order chi connectivity index (χ0) is 18.0. The van der Waals surface area contributed by atoms with Crippen LogP contribution in [-0.4, -0.2) is 47.7 Å². The first-order valence-corrected chi connectivity index (χ1v) is 8.59.